The van der Waals surface area contributed by atoms with Crippen LogP contribution in [0.2, 0.25) is 0 Å². The van der Waals surface area contributed by atoms with Crippen LogP contribution in [0.4, 0.5) is 10.1 Å². The van der Waals surface area contributed by atoms with E-state index in [0.717, 1.165) is 33.2 Å². The Bertz CT molecular complexity index is 1410. The number of allylic oxidation sites excluding steroid dienone is 1. The molecule has 1 aromatic heterocycles. The van der Waals surface area contributed by atoms with E-state index in [1.54, 1.807) is 12.3 Å². The van der Waals surface area contributed by atoms with E-state index in [1.807, 2.05) is 74.5 Å². The smallest absolute Gasteiger partial charge is 0.284 e. The van der Waals surface area contributed by atoms with Gasteiger partial charge < -0.3 is 11.1 Å². The third kappa shape index (κ3) is 4.79. The van der Waals surface area contributed by atoms with Crippen molar-refractivity contribution in [3.63, 3.8) is 0 Å². The number of carbonyl (C=O) groups excluding carboxylic acids is 1. The molecule has 0 saturated heterocycles. The normalized spacial score (nSPS) is 11.9. The Morgan fingerprint density at radius 2 is 1.88 bits per heavy atom. The van der Waals surface area contributed by atoms with Gasteiger partial charge in [-0.3, -0.25) is 9.78 Å². The van der Waals surface area contributed by atoms with Crippen LogP contribution in [0.25, 0.3) is 27.5 Å². The van der Waals surface area contributed by atoms with Gasteiger partial charge >= 0.3 is 0 Å². The minimum atomic E-state index is -0.798. The van der Waals surface area contributed by atoms with Crippen molar-refractivity contribution in [1.82, 2.24) is 4.98 Å². The molecule has 3 N–H and O–H groups in total. The summed E-state index contributed by atoms with van der Waals surface area (Å²) in [4.78, 5) is 17.1. The van der Waals surface area contributed by atoms with E-state index >= 15 is 4.39 Å². The number of hydrogen-bond donors (Lipinski definition) is 2. The summed E-state index contributed by atoms with van der Waals surface area (Å²) in [6.07, 6.45) is 2.12. The molecule has 0 aliphatic heterocycles. The molecule has 0 spiro atoms. The average Bonchev–Trinajstić information content (AvgIpc) is 2.86. The van der Waals surface area contributed by atoms with E-state index in [9.17, 15) is 4.79 Å². The second-order valence-electron chi connectivity index (χ2n) is 7.99. The highest BCUT2D eigenvalue weighted by Gasteiger charge is 2.18. The number of aromatic nitrogens is 1. The second kappa shape index (κ2) is 10.3. The van der Waals surface area contributed by atoms with Gasteiger partial charge in [0.25, 0.3) is 5.91 Å². The Morgan fingerprint density at radius 1 is 1.09 bits per heavy atom. The van der Waals surface area contributed by atoms with E-state index in [0.29, 0.717) is 34.3 Å². The lowest BCUT2D eigenvalue weighted by Gasteiger charge is -2.13. The molecular weight excluding hydrogens is 493 g/mol. The Morgan fingerprint density at radius 3 is 2.62 bits per heavy atom. The van der Waals surface area contributed by atoms with Gasteiger partial charge in [-0.15, -0.1) is 0 Å². The minimum absolute atomic E-state index is 0.354. The van der Waals surface area contributed by atoms with Crippen molar-refractivity contribution in [2.24, 2.45) is 5.73 Å². The molecule has 34 heavy (non-hydrogen) atoms. The summed E-state index contributed by atoms with van der Waals surface area (Å²) in [6, 6.07) is 21.0. The third-order valence-corrected chi connectivity index (χ3v) is 6.55. The van der Waals surface area contributed by atoms with Crippen molar-refractivity contribution >= 4 is 43.9 Å². The zero-order valence-corrected chi connectivity index (χ0v) is 20.6. The monoisotopic (exact) mass is 517 g/mol. The van der Waals surface area contributed by atoms with Crippen molar-refractivity contribution < 1.29 is 9.18 Å². The molecule has 0 bridgehead atoms. The zero-order chi connectivity index (χ0) is 24.2. The lowest BCUT2D eigenvalue weighted by atomic mass is 9.98. The van der Waals surface area contributed by atoms with Crippen LogP contribution in [-0.4, -0.2) is 10.9 Å². The average molecular weight is 518 g/mol. The Balaban J connectivity index is 1.63. The molecule has 0 atom stereocenters. The molecule has 0 aliphatic carbocycles. The highest BCUT2D eigenvalue weighted by molar-refractivity contribution is 9.10. The van der Waals surface area contributed by atoms with Gasteiger partial charge in [0, 0.05) is 33.9 Å². The fourth-order valence-corrected chi connectivity index (χ4v) is 4.54. The standard InChI is InChI=1S/C28H25BrFN3O/c1-3-22(19-9-8-18-12-13-32-17(2)24(18)14-19)27(30)28(34)33-26-11-10-20(15-25(26)29)23-7-5-4-6-21(23)16-31/h4-15H,3,16,31H2,1-2H3,(H,33,34)/b27-22+. The SMILES string of the molecule is CC/C(=C(\F)C(=O)Nc1ccc(-c2ccccc2CN)cc1Br)c1ccc2ccnc(C)c2c1. The summed E-state index contributed by atoms with van der Waals surface area (Å²) >= 11 is 3.51. The third-order valence-electron chi connectivity index (χ3n) is 5.90. The van der Waals surface area contributed by atoms with Gasteiger partial charge in [0.15, 0.2) is 5.83 Å². The first-order valence-corrected chi connectivity index (χ1v) is 11.9. The predicted molar refractivity (Wildman–Crippen MR) is 141 cm³/mol. The maximum atomic E-state index is 15.3. The number of hydrogen-bond acceptors (Lipinski definition) is 3. The maximum absolute atomic E-state index is 15.3. The van der Waals surface area contributed by atoms with Crippen LogP contribution in [0.3, 0.4) is 0 Å². The Labute approximate surface area is 206 Å². The molecule has 0 saturated carbocycles. The molecule has 0 unspecified atom stereocenters. The second-order valence-corrected chi connectivity index (χ2v) is 8.84. The number of benzene rings is 3. The number of halogens is 2. The van der Waals surface area contributed by atoms with Crippen LogP contribution >= 0.6 is 15.9 Å². The molecule has 0 aliphatic rings. The first kappa shape index (κ1) is 23.8. The van der Waals surface area contributed by atoms with E-state index in [2.05, 4.69) is 26.2 Å². The molecule has 0 fully saturated rings. The summed E-state index contributed by atoms with van der Waals surface area (Å²) in [5.74, 6) is -1.58. The summed E-state index contributed by atoms with van der Waals surface area (Å²) in [7, 11) is 0. The molecular formula is C28H25BrFN3O. The first-order valence-electron chi connectivity index (χ1n) is 11.1. The van der Waals surface area contributed by atoms with Gasteiger partial charge in [-0.25, -0.2) is 4.39 Å². The van der Waals surface area contributed by atoms with Crippen LogP contribution < -0.4 is 11.1 Å². The highest BCUT2D eigenvalue weighted by atomic mass is 79.9. The van der Waals surface area contributed by atoms with E-state index in [-0.39, 0.29) is 0 Å². The van der Waals surface area contributed by atoms with Crippen molar-refractivity contribution in [3.8, 4) is 11.1 Å². The molecule has 1 heterocycles. The quantitative estimate of drug-likeness (QED) is 0.266. The molecule has 4 aromatic rings. The number of carbonyl (C=O) groups is 1. The lowest BCUT2D eigenvalue weighted by molar-refractivity contribution is -0.114. The number of fused-ring (bicyclic) bond motifs is 1. The number of rotatable bonds is 6. The van der Waals surface area contributed by atoms with Crippen molar-refractivity contribution in [1.29, 1.82) is 0 Å². The van der Waals surface area contributed by atoms with Gasteiger partial charge in [-0.1, -0.05) is 49.4 Å². The summed E-state index contributed by atoms with van der Waals surface area (Å²) < 4.78 is 16.0. The van der Waals surface area contributed by atoms with E-state index in [1.165, 1.54) is 0 Å². The fourth-order valence-electron chi connectivity index (χ4n) is 4.07. The zero-order valence-electron chi connectivity index (χ0n) is 19.0. The summed E-state index contributed by atoms with van der Waals surface area (Å²) in [6.45, 7) is 4.17. The molecule has 172 valence electrons. The van der Waals surface area contributed by atoms with Crippen LogP contribution in [-0.2, 0) is 11.3 Å². The van der Waals surface area contributed by atoms with Gasteiger partial charge in [0.05, 0.1) is 5.69 Å². The van der Waals surface area contributed by atoms with E-state index in [4.69, 9.17) is 5.73 Å². The maximum Gasteiger partial charge on any atom is 0.284 e. The Hall–Kier alpha value is -3.35. The van der Waals surface area contributed by atoms with E-state index < -0.39 is 11.7 Å². The number of nitrogens with zero attached hydrogens (tertiary/aromatic N) is 1. The number of anilines is 1. The number of aryl methyl sites for hydroxylation is 1. The molecule has 6 heteroatoms. The van der Waals surface area contributed by atoms with Gasteiger partial charge in [-0.2, -0.15) is 0 Å². The summed E-state index contributed by atoms with van der Waals surface area (Å²) in [5.41, 5.74) is 11.2. The van der Waals surface area contributed by atoms with Crippen molar-refractivity contribution in [3.05, 3.63) is 100 Å². The number of amides is 1. The summed E-state index contributed by atoms with van der Waals surface area (Å²) in [5, 5.41) is 4.66. The molecule has 3 aromatic carbocycles. The molecule has 4 nitrogen and oxygen atoms in total. The van der Waals surface area contributed by atoms with Gasteiger partial charge in [-0.05, 0) is 81.2 Å². The number of pyridine rings is 1. The van der Waals surface area contributed by atoms with Crippen molar-refractivity contribution in [2.45, 2.75) is 26.8 Å². The van der Waals surface area contributed by atoms with Crippen molar-refractivity contribution in [2.75, 3.05) is 5.32 Å². The van der Waals surface area contributed by atoms with Gasteiger partial charge in [0.2, 0.25) is 0 Å². The Kier molecular flexibility index (Phi) is 7.20. The lowest BCUT2D eigenvalue weighted by Crippen LogP contribution is -2.14. The topological polar surface area (TPSA) is 68.0 Å². The van der Waals surface area contributed by atoms with Gasteiger partial charge in [0.1, 0.15) is 0 Å². The number of nitrogens with one attached hydrogen (secondary N) is 1. The van der Waals surface area contributed by atoms with Crippen LogP contribution in [0.5, 0.6) is 0 Å². The molecule has 0 radical (unpaired) electrons. The van der Waals surface area contributed by atoms with Crippen LogP contribution in [0.1, 0.15) is 30.2 Å². The fraction of sp³-hybridized carbons (Fsp3) is 0.143. The largest absolute Gasteiger partial charge is 0.326 e. The minimum Gasteiger partial charge on any atom is -0.326 e. The molecule has 1 amide bonds. The van der Waals surface area contributed by atoms with Crippen LogP contribution in [0.15, 0.2) is 83.2 Å². The number of nitrogens with two attached hydrogens (primary N) is 1. The highest BCUT2D eigenvalue weighted by Crippen LogP contribution is 2.32. The first-order chi connectivity index (χ1) is 16.4. The van der Waals surface area contributed by atoms with Crippen LogP contribution in [0, 0.1) is 6.92 Å². The predicted octanol–water partition coefficient (Wildman–Crippen LogP) is 7.16. The molecule has 4 rings (SSSR count).